The van der Waals surface area contributed by atoms with Crippen LogP contribution in [0.2, 0.25) is 5.02 Å². The van der Waals surface area contributed by atoms with E-state index < -0.39 is 0 Å². The van der Waals surface area contributed by atoms with E-state index in [2.05, 4.69) is 4.98 Å². The molecule has 0 atom stereocenters. The summed E-state index contributed by atoms with van der Waals surface area (Å²) in [5.74, 6) is 0.700. The molecule has 156 valence electrons. The SMILES string of the molecule is O=C(c1cc[n+]([O-])cc1)N1CCC(=C2c3ccc(Cl)cc3COc3cccnc32)CC1. The lowest BCUT2D eigenvalue weighted by Crippen LogP contribution is -2.37. The van der Waals surface area contributed by atoms with Crippen LogP contribution in [0.15, 0.2) is 66.6 Å². The average molecular weight is 434 g/mol. The summed E-state index contributed by atoms with van der Waals surface area (Å²) >= 11 is 6.24. The first-order valence-electron chi connectivity index (χ1n) is 10.2. The van der Waals surface area contributed by atoms with Gasteiger partial charge in [-0.05, 0) is 48.2 Å². The third kappa shape index (κ3) is 3.75. The van der Waals surface area contributed by atoms with Crippen LogP contribution in [-0.2, 0) is 6.61 Å². The summed E-state index contributed by atoms with van der Waals surface area (Å²) in [6.07, 6.45) is 5.96. The molecule has 0 N–H and O–H groups in total. The third-order valence-electron chi connectivity index (χ3n) is 5.78. The molecule has 0 radical (unpaired) electrons. The molecule has 1 amide bonds. The van der Waals surface area contributed by atoms with Crippen LogP contribution in [0.5, 0.6) is 5.75 Å². The fourth-order valence-corrected chi connectivity index (χ4v) is 4.42. The number of halogens is 1. The highest BCUT2D eigenvalue weighted by Gasteiger charge is 2.27. The summed E-state index contributed by atoms with van der Waals surface area (Å²) in [6.45, 7) is 1.65. The van der Waals surface area contributed by atoms with Crippen molar-refractivity contribution in [1.29, 1.82) is 0 Å². The number of carbonyl (C=O) groups is 1. The van der Waals surface area contributed by atoms with Crippen LogP contribution in [0.25, 0.3) is 5.57 Å². The third-order valence-corrected chi connectivity index (χ3v) is 6.02. The number of aromatic nitrogens is 2. The number of likely N-dealkylation sites (tertiary alicyclic amines) is 1. The van der Waals surface area contributed by atoms with Crippen molar-refractivity contribution in [1.82, 2.24) is 9.88 Å². The summed E-state index contributed by atoms with van der Waals surface area (Å²) in [5.41, 5.74) is 5.81. The van der Waals surface area contributed by atoms with Crippen molar-refractivity contribution in [3.63, 3.8) is 0 Å². The summed E-state index contributed by atoms with van der Waals surface area (Å²) in [5, 5.41) is 11.9. The molecule has 0 aliphatic carbocycles. The molecule has 0 unspecified atom stereocenters. The second-order valence-corrected chi connectivity index (χ2v) is 8.09. The van der Waals surface area contributed by atoms with Gasteiger partial charge < -0.3 is 14.8 Å². The molecular formula is C24H20ClN3O3. The van der Waals surface area contributed by atoms with E-state index in [9.17, 15) is 10.0 Å². The minimum Gasteiger partial charge on any atom is -0.619 e. The molecule has 0 bridgehead atoms. The smallest absolute Gasteiger partial charge is 0.254 e. The highest BCUT2D eigenvalue weighted by atomic mass is 35.5. The number of amides is 1. The number of piperidine rings is 1. The molecule has 1 saturated heterocycles. The van der Waals surface area contributed by atoms with Crippen molar-refractivity contribution in [3.8, 4) is 5.75 Å². The van der Waals surface area contributed by atoms with E-state index >= 15 is 0 Å². The first-order valence-corrected chi connectivity index (χ1v) is 10.5. The van der Waals surface area contributed by atoms with E-state index in [1.54, 1.807) is 18.3 Å². The first kappa shape index (κ1) is 19.6. The largest absolute Gasteiger partial charge is 0.619 e. The molecule has 1 fully saturated rings. The molecule has 0 spiro atoms. The van der Waals surface area contributed by atoms with Crippen molar-refractivity contribution >= 4 is 23.1 Å². The maximum absolute atomic E-state index is 12.8. The van der Waals surface area contributed by atoms with E-state index in [1.165, 1.54) is 18.0 Å². The molecule has 2 aromatic heterocycles. The van der Waals surface area contributed by atoms with Crippen molar-refractivity contribution in [2.24, 2.45) is 0 Å². The topological polar surface area (TPSA) is 69.4 Å². The Hall–Kier alpha value is -3.38. The number of hydrogen-bond donors (Lipinski definition) is 0. The lowest BCUT2D eigenvalue weighted by atomic mass is 9.88. The summed E-state index contributed by atoms with van der Waals surface area (Å²) in [7, 11) is 0. The minimum absolute atomic E-state index is 0.0560. The molecular weight excluding hydrogens is 414 g/mol. The molecule has 0 saturated carbocycles. The zero-order valence-electron chi connectivity index (χ0n) is 16.8. The number of ether oxygens (including phenoxy) is 1. The number of fused-ring (bicyclic) bond motifs is 2. The molecule has 3 aromatic rings. The molecule has 6 nitrogen and oxygen atoms in total. The number of benzene rings is 1. The van der Waals surface area contributed by atoms with Crippen molar-refractivity contribution in [2.45, 2.75) is 19.4 Å². The normalized spacial score (nSPS) is 15.6. The maximum atomic E-state index is 12.8. The number of nitrogens with zero attached hydrogens (tertiary/aromatic N) is 3. The van der Waals surface area contributed by atoms with Gasteiger partial charge in [-0.1, -0.05) is 23.2 Å². The zero-order chi connectivity index (χ0) is 21.4. The highest BCUT2D eigenvalue weighted by molar-refractivity contribution is 6.30. The number of carbonyl (C=O) groups excluding carboxylic acids is 1. The Labute approximate surface area is 184 Å². The average Bonchev–Trinajstić information content (AvgIpc) is 2.96. The summed E-state index contributed by atoms with van der Waals surface area (Å²) in [4.78, 5) is 19.3. The van der Waals surface area contributed by atoms with Gasteiger partial charge >= 0.3 is 0 Å². The van der Waals surface area contributed by atoms with Crippen LogP contribution < -0.4 is 9.47 Å². The number of rotatable bonds is 1. The second kappa shape index (κ2) is 8.04. The predicted octanol–water partition coefficient (Wildman–Crippen LogP) is 4.00. The first-order chi connectivity index (χ1) is 15.1. The van der Waals surface area contributed by atoms with E-state index in [4.69, 9.17) is 16.3 Å². The second-order valence-electron chi connectivity index (χ2n) is 7.66. The van der Waals surface area contributed by atoms with E-state index in [0.717, 1.165) is 41.0 Å². The van der Waals surface area contributed by atoms with Gasteiger partial charge in [0.25, 0.3) is 5.91 Å². The molecule has 5 rings (SSSR count). The Kier molecular flexibility index (Phi) is 5.08. The molecule has 31 heavy (non-hydrogen) atoms. The fraction of sp³-hybridized carbons (Fsp3) is 0.208. The van der Waals surface area contributed by atoms with Gasteiger partial charge in [0.15, 0.2) is 12.4 Å². The monoisotopic (exact) mass is 433 g/mol. The van der Waals surface area contributed by atoms with Gasteiger partial charge in [-0.25, -0.2) is 0 Å². The van der Waals surface area contributed by atoms with Crippen LogP contribution in [0.3, 0.4) is 0 Å². The number of pyridine rings is 2. The van der Waals surface area contributed by atoms with Crippen LogP contribution in [0.1, 0.15) is 40.0 Å². The predicted molar refractivity (Wildman–Crippen MR) is 117 cm³/mol. The molecule has 2 aliphatic rings. The van der Waals surface area contributed by atoms with Gasteiger partial charge in [-0.3, -0.25) is 9.78 Å². The quantitative estimate of drug-likeness (QED) is 0.429. The summed E-state index contributed by atoms with van der Waals surface area (Å²) < 4.78 is 6.71. The van der Waals surface area contributed by atoms with Gasteiger partial charge in [0, 0.05) is 42.0 Å². The van der Waals surface area contributed by atoms with Gasteiger partial charge in [0.1, 0.15) is 18.1 Å². The van der Waals surface area contributed by atoms with Gasteiger partial charge in [0.05, 0.1) is 5.56 Å². The Bertz CT molecular complexity index is 1180. The Morgan fingerprint density at radius 2 is 1.90 bits per heavy atom. The van der Waals surface area contributed by atoms with Gasteiger partial charge in [-0.15, -0.1) is 0 Å². The van der Waals surface area contributed by atoms with Gasteiger partial charge in [-0.2, -0.15) is 4.73 Å². The Morgan fingerprint density at radius 3 is 2.68 bits per heavy atom. The van der Waals surface area contributed by atoms with E-state index in [-0.39, 0.29) is 5.91 Å². The van der Waals surface area contributed by atoms with Crippen LogP contribution in [-0.4, -0.2) is 28.9 Å². The highest BCUT2D eigenvalue weighted by Crippen LogP contribution is 2.40. The van der Waals surface area contributed by atoms with E-state index in [1.807, 2.05) is 35.2 Å². The standard InChI is InChI=1S/C24H20ClN3O3/c25-19-3-4-20-18(14-19)15-31-21-2-1-9-26-23(21)22(20)16-5-10-27(11-6-16)24(29)17-7-12-28(30)13-8-17/h1-4,7-9,12-14H,5-6,10-11,15H2. The molecule has 7 heteroatoms. The van der Waals surface area contributed by atoms with Crippen molar-refractivity contribution < 1.29 is 14.3 Å². The van der Waals surface area contributed by atoms with Gasteiger partial charge in [0.2, 0.25) is 0 Å². The van der Waals surface area contributed by atoms with Crippen LogP contribution >= 0.6 is 11.6 Å². The fourth-order valence-electron chi connectivity index (χ4n) is 4.23. The number of hydrogen-bond acceptors (Lipinski definition) is 4. The zero-order valence-corrected chi connectivity index (χ0v) is 17.5. The Morgan fingerprint density at radius 1 is 1.13 bits per heavy atom. The lowest BCUT2D eigenvalue weighted by Gasteiger charge is -2.30. The van der Waals surface area contributed by atoms with E-state index in [0.29, 0.717) is 35.0 Å². The lowest BCUT2D eigenvalue weighted by molar-refractivity contribution is -0.605. The molecule has 1 aromatic carbocycles. The summed E-state index contributed by atoms with van der Waals surface area (Å²) in [6, 6.07) is 12.8. The maximum Gasteiger partial charge on any atom is 0.254 e. The van der Waals surface area contributed by atoms with Crippen molar-refractivity contribution in [2.75, 3.05) is 13.1 Å². The molecule has 2 aliphatic heterocycles. The Balaban J connectivity index is 1.49. The van der Waals surface area contributed by atoms with Crippen LogP contribution in [0, 0.1) is 5.21 Å². The minimum atomic E-state index is -0.0560. The van der Waals surface area contributed by atoms with Crippen molar-refractivity contribution in [3.05, 3.63) is 99.2 Å². The molecule has 4 heterocycles. The van der Waals surface area contributed by atoms with Crippen LogP contribution in [0.4, 0.5) is 0 Å².